The summed E-state index contributed by atoms with van der Waals surface area (Å²) in [6.45, 7) is 0. The fourth-order valence-electron chi connectivity index (χ4n) is 14.7. The van der Waals surface area contributed by atoms with Gasteiger partial charge in [0.25, 0.3) is 0 Å². The van der Waals surface area contributed by atoms with E-state index in [2.05, 4.69) is 287 Å². The summed E-state index contributed by atoms with van der Waals surface area (Å²) in [6.07, 6.45) is 0. The molecule has 0 unspecified atom stereocenters. The lowest BCUT2D eigenvalue weighted by atomic mass is 9.99. The first-order chi connectivity index (χ1) is 43.6. The highest BCUT2D eigenvalue weighted by Gasteiger charge is 2.23. The van der Waals surface area contributed by atoms with Crippen molar-refractivity contribution in [1.29, 1.82) is 0 Å². The van der Waals surface area contributed by atoms with Crippen LogP contribution < -0.4 is 0 Å². The second kappa shape index (κ2) is 18.4. The van der Waals surface area contributed by atoms with Crippen molar-refractivity contribution in [3.8, 4) is 50.8 Å². The Balaban J connectivity index is 0.768. The van der Waals surface area contributed by atoms with Crippen LogP contribution in [0.2, 0.25) is 0 Å². The number of nitrogens with zero attached hydrogens (tertiary/aromatic N) is 5. The van der Waals surface area contributed by atoms with Crippen molar-refractivity contribution in [1.82, 2.24) is 23.7 Å². The molecule has 7 aromatic heterocycles. The number of benzene rings is 13. The zero-order chi connectivity index (χ0) is 57.3. The Morgan fingerprint density at radius 3 is 1.12 bits per heavy atom. The Labute approximate surface area is 514 Å². The molecule has 8 heteroatoms. The summed E-state index contributed by atoms with van der Waals surface area (Å²) in [7, 11) is 0. The second-order valence-electron chi connectivity index (χ2n) is 23.1. The Morgan fingerprint density at radius 1 is 0.227 bits per heavy atom. The third-order valence-electron chi connectivity index (χ3n) is 18.4. The van der Waals surface area contributed by atoms with E-state index < -0.39 is 0 Å². The van der Waals surface area contributed by atoms with Gasteiger partial charge in [-0.1, -0.05) is 152 Å². The fraction of sp³-hybridized carbons (Fsp3) is 0. The van der Waals surface area contributed by atoms with Crippen molar-refractivity contribution in [2.75, 3.05) is 0 Å². The summed E-state index contributed by atoms with van der Waals surface area (Å²) < 4.78 is 15.1. The summed E-state index contributed by atoms with van der Waals surface area (Å²) in [5.41, 5.74) is 16.2. The van der Waals surface area contributed by atoms with Crippen molar-refractivity contribution in [3.63, 3.8) is 0 Å². The number of thiophene rings is 3. The maximum absolute atomic E-state index is 5.72. The lowest BCUT2D eigenvalue weighted by molar-refractivity contribution is 1.17. The number of fused-ring (bicyclic) bond motifs is 22. The van der Waals surface area contributed by atoms with Crippen LogP contribution in [0.4, 0.5) is 0 Å². The molecule has 408 valence electrons. The summed E-state index contributed by atoms with van der Waals surface area (Å²) in [6, 6.07) is 101. The molecule has 5 nitrogen and oxygen atoms in total. The fourth-order valence-corrected chi connectivity index (χ4v) is 18.0. The number of rotatable bonds is 6. The minimum atomic E-state index is 0.668. The van der Waals surface area contributed by atoms with Crippen molar-refractivity contribution in [3.05, 3.63) is 273 Å². The van der Waals surface area contributed by atoms with Crippen LogP contribution in [0.5, 0.6) is 0 Å². The number of para-hydroxylation sites is 3. The van der Waals surface area contributed by atoms with Gasteiger partial charge in [0.15, 0.2) is 5.82 Å². The molecule has 0 radical (unpaired) electrons. The molecule has 0 saturated carbocycles. The topological polar surface area (TPSA) is 40.6 Å². The minimum absolute atomic E-state index is 0.668. The molecule has 0 N–H and O–H groups in total. The van der Waals surface area contributed by atoms with E-state index in [9.17, 15) is 0 Å². The van der Waals surface area contributed by atoms with Crippen LogP contribution in [0.1, 0.15) is 0 Å². The van der Waals surface area contributed by atoms with E-state index in [4.69, 9.17) is 9.97 Å². The van der Waals surface area contributed by atoms with Crippen LogP contribution in [-0.4, -0.2) is 23.7 Å². The molecule has 0 spiro atoms. The van der Waals surface area contributed by atoms with Gasteiger partial charge in [-0.05, 0) is 132 Å². The highest BCUT2D eigenvalue weighted by Crippen LogP contribution is 2.48. The Bertz CT molecular complexity index is 6380. The average molecular weight is 1170 g/mol. The quantitative estimate of drug-likeness (QED) is 0.166. The summed E-state index contributed by atoms with van der Waals surface area (Å²) in [4.78, 5) is 11.2. The number of hydrogen-bond acceptors (Lipinski definition) is 5. The van der Waals surface area contributed by atoms with Gasteiger partial charge < -0.3 is 13.7 Å². The van der Waals surface area contributed by atoms with Crippen molar-refractivity contribution < 1.29 is 0 Å². The third-order valence-corrected chi connectivity index (χ3v) is 21.8. The molecule has 0 saturated heterocycles. The molecule has 0 amide bonds. The van der Waals surface area contributed by atoms with Crippen molar-refractivity contribution >= 4 is 171 Å². The normalized spacial score (nSPS) is 12.3. The van der Waals surface area contributed by atoms with E-state index in [0.717, 1.165) is 61.4 Å². The van der Waals surface area contributed by atoms with E-state index in [-0.39, 0.29) is 0 Å². The highest BCUT2D eigenvalue weighted by atomic mass is 32.1. The minimum Gasteiger partial charge on any atom is -0.309 e. The third kappa shape index (κ3) is 6.90. The van der Waals surface area contributed by atoms with Crippen LogP contribution in [0.3, 0.4) is 0 Å². The summed E-state index contributed by atoms with van der Waals surface area (Å²) in [5.74, 6) is 0.668. The Kier molecular flexibility index (Phi) is 10.1. The molecule has 7 heterocycles. The van der Waals surface area contributed by atoms with Crippen molar-refractivity contribution in [2.24, 2.45) is 0 Å². The zero-order valence-corrected chi connectivity index (χ0v) is 49.4. The summed E-state index contributed by atoms with van der Waals surface area (Å²) >= 11 is 5.60. The van der Waals surface area contributed by atoms with Crippen LogP contribution in [0.15, 0.2) is 273 Å². The maximum Gasteiger partial charge on any atom is 0.160 e. The molecule has 0 aliphatic carbocycles. The smallest absolute Gasteiger partial charge is 0.160 e. The van der Waals surface area contributed by atoms with Gasteiger partial charge in [-0.25, -0.2) is 9.97 Å². The molecular weight excluding hydrogens is 1130 g/mol. The number of aromatic nitrogens is 5. The molecule has 88 heavy (non-hydrogen) atoms. The van der Waals surface area contributed by atoms with E-state index in [1.54, 1.807) is 0 Å². The molecule has 0 aliphatic heterocycles. The first-order valence-electron chi connectivity index (χ1n) is 29.8. The first-order valence-corrected chi connectivity index (χ1v) is 32.2. The van der Waals surface area contributed by atoms with Crippen LogP contribution in [-0.2, 0) is 0 Å². The Hall–Kier alpha value is -10.7. The van der Waals surface area contributed by atoms with Crippen LogP contribution in [0, 0.1) is 0 Å². The molecule has 20 aromatic rings. The van der Waals surface area contributed by atoms with E-state index in [0.29, 0.717) is 5.82 Å². The lowest BCUT2D eigenvalue weighted by Crippen LogP contribution is -1.99. The lowest BCUT2D eigenvalue weighted by Gasteiger charge is -2.15. The largest absolute Gasteiger partial charge is 0.309 e. The van der Waals surface area contributed by atoms with E-state index in [1.807, 2.05) is 34.0 Å². The van der Waals surface area contributed by atoms with Gasteiger partial charge in [0.05, 0.1) is 44.3 Å². The van der Waals surface area contributed by atoms with Crippen molar-refractivity contribution in [2.45, 2.75) is 0 Å². The molecular formula is C80H45N5S3. The monoisotopic (exact) mass is 1170 g/mol. The number of hydrogen-bond donors (Lipinski definition) is 0. The van der Waals surface area contributed by atoms with Gasteiger partial charge in [-0.3, -0.25) is 0 Å². The SMILES string of the molecule is c1cc(-c2nc(-c3cccc(-n4c5ccccc5c5c6c(ccc54)sc4ccccc46)c3)c3cc(-c4ccc(-n5c6ccccc6c6c7c(ccc65)sc5ccccc57)cc4)ccc3n2)cc(-n2c3ccccc3c3c4c(ccc32)sc2ccccc24)c1. The van der Waals surface area contributed by atoms with E-state index in [1.165, 1.54) is 120 Å². The predicted octanol–water partition coefficient (Wildman–Crippen LogP) is 23.0. The standard InChI is InChI=1S/C80H45N5S3/c1-7-25-61-53(19-1)73-64(37-40-70-76(73)56-22-4-10-28-67(56)86-70)83(61)50-34-31-46(32-35-50)47-33-36-60-59(45-47)79(48-15-13-17-51(43-48)84-62-26-8-2-20-54(62)74-65(84)38-41-71-77(74)57-23-5-11-29-68(57)87-71)82-80(81-60)49-16-14-18-52(44-49)85-63-27-9-3-21-55(63)75-66(85)39-42-72-78(75)58-24-6-12-30-69(58)88-72/h1-45H. The molecule has 0 fully saturated rings. The molecule has 13 aromatic carbocycles. The molecule has 0 aliphatic rings. The Morgan fingerprint density at radius 2 is 0.636 bits per heavy atom. The first kappa shape index (κ1) is 48.5. The average Bonchev–Trinajstić information content (AvgIpc) is 1.67. The zero-order valence-electron chi connectivity index (χ0n) is 46.9. The van der Waals surface area contributed by atoms with E-state index >= 15 is 0 Å². The van der Waals surface area contributed by atoms with Gasteiger partial charge >= 0.3 is 0 Å². The van der Waals surface area contributed by atoms with Gasteiger partial charge in [0.1, 0.15) is 0 Å². The molecule has 0 atom stereocenters. The van der Waals surface area contributed by atoms with Gasteiger partial charge in [0.2, 0.25) is 0 Å². The van der Waals surface area contributed by atoms with Gasteiger partial charge in [-0.15, -0.1) is 34.0 Å². The van der Waals surface area contributed by atoms with Gasteiger partial charge in [0, 0.05) is 126 Å². The maximum atomic E-state index is 5.72. The summed E-state index contributed by atoms with van der Waals surface area (Å²) in [5, 5.41) is 16.5. The molecule has 20 rings (SSSR count). The van der Waals surface area contributed by atoms with Crippen LogP contribution >= 0.6 is 34.0 Å². The highest BCUT2D eigenvalue weighted by molar-refractivity contribution is 7.27. The molecule has 0 bridgehead atoms. The predicted molar refractivity (Wildman–Crippen MR) is 378 cm³/mol. The van der Waals surface area contributed by atoms with Crippen LogP contribution in [0.25, 0.3) is 188 Å². The second-order valence-corrected chi connectivity index (χ2v) is 26.4. The van der Waals surface area contributed by atoms with Gasteiger partial charge in [-0.2, -0.15) is 0 Å².